The molecule has 6 heteroatoms. The van der Waals surface area contributed by atoms with Crippen molar-refractivity contribution in [1.82, 2.24) is 10.3 Å². The van der Waals surface area contributed by atoms with Crippen LogP contribution in [0.4, 0.5) is 0 Å². The molecule has 1 aromatic heterocycles. The van der Waals surface area contributed by atoms with Gasteiger partial charge in [0, 0.05) is 30.5 Å². The van der Waals surface area contributed by atoms with Gasteiger partial charge in [-0.1, -0.05) is 38.1 Å². The lowest BCUT2D eigenvalue weighted by atomic mass is 9.94. The molecule has 0 radical (unpaired) electrons. The fourth-order valence-corrected chi connectivity index (χ4v) is 3.07. The van der Waals surface area contributed by atoms with E-state index in [9.17, 15) is 9.59 Å². The average Bonchev–Trinajstić information content (AvgIpc) is 2.58. The number of nitrogens with two attached hydrogens (primary N) is 1. The van der Waals surface area contributed by atoms with Gasteiger partial charge >= 0.3 is 5.97 Å². The fourth-order valence-electron chi connectivity index (χ4n) is 3.07. The monoisotopic (exact) mass is 357 g/mol. The second kappa shape index (κ2) is 9.29. The van der Waals surface area contributed by atoms with E-state index in [0.29, 0.717) is 18.9 Å². The Balaban J connectivity index is 1.91. The minimum Gasteiger partial charge on any atom is -0.481 e. The van der Waals surface area contributed by atoms with E-state index in [0.717, 1.165) is 23.0 Å². The zero-order valence-electron chi connectivity index (χ0n) is 15.3. The van der Waals surface area contributed by atoms with Crippen LogP contribution in [0, 0.1) is 11.8 Å². The van der Waals surface area contributed by atoms with Crippen LogP contribution in [0.15, 0.2) is 36.4 Å². The standard InChI is InChI=1S/C20H27N3O3/c1-13(2)9-14(10-19(24)25)12-22-20(26)17(21)11-16-8-7-15-5-3-4-6-18(15)23-16/h3-8,13-14,17H,9-12,21H2,1-2H3,(H,22,26)(H,24,25)/t14-,17+/m0/s1. The van der Waals surface area contributed by atoms with Gasteiger partial charge in [0.25, 0.3) is 0 Å². The van der Waals surface area contributed by atoms with E-state index in [1.54, 1.807) is 0 Å². The molecule has 0 unspecified atom stereocenters. The summed E-state index contributed by atoms with van der Waals surface area (Å²) in [6.45, 7) is 4.39. The highest BCUT2D eigenvalue weighted by atomic mass is 16.4. The summed E-state index contributed by atoms with van der Waals surface area (Å²) in [5, 5.41) is 12.8. The molecule has 0 aliphatic heterocycles. The molecule has 2 aromatic rings. The molecule has 0 spiro atoms. The Kier molecular flexibility index (Phi) is 7.09. The molecule has 0 fully saturated rings. The van der Waals surface area contributed by atoms with E-state index in [1.165, 1.54) is 0 Å². The van der Waals surface area contributed by atoms with E-state index >= 15 is 0 Å². The Morgan fingerprint density at radius 1 is 1.19 bits per heavy atom. The molecule has 2 rings (SSSR count). The number of fused-ring (bicyclic) bond motifs is 1. The number of amides is 1. The zero-order chi connectivity index (χ0) is 19.1. The van der Waals surface area contributed by atoms with Gasteiger partial charge in [-0.3, -0.25) is 14.6 Å². The van der Waals surface area contributed by atoms with Crippen molar-refractivity contribution in [2.24, 2.45) is 17.6 Å². The maximum atomic E-state index is 12.3. The first-order chi connectivity index (χ1) is 12.3. The molecular weight excluding hydrogens is 330 g/mol. The normalized spacial score (nSPS) is 13.5. The van der Waals surface area contributed by atoms with E-state index < -0.39 is 12.0 Å². The van der Waals surface area contributed by atoms with Crippen LogP contribution in [0.1, 0.15) is 32.4 Å². The van der Waals surface area contributed by atoms with Crippen LogP contribution < -0.4 is 11.1 Å². The number of rotatable bonds is 9. The zero-order valence-corrected chi connectivity index (χ0v) is 15.3. The van der Waals surface area contributed by atoms with Gasteiger partial charge in [-0.2, -0.15) is 0 Å². The van der Waals surface area contributed by atoms with Crippen LogP contribution in [-0.2, 0) is 16.0 Å². The third kappa shape index (κ3) is 6.11. The number of nitrogens with one attached hydrogen (secondary N) is 1. The molecule has 2 atom stereocenters. The number of carbonyl (C=O) groups excluding carboxylic acids is 1. The summed E-state index contributed by atoms with van der Waals surface area (Å²) in [7, 11) is 0. The first-order valence-electron chi connectivity index (χ1n) is 8.95. The van der Waals surface area contributed by atoms with Crippen LogP contribution in [0.5, 0.6) is 0 Å². The summed E-state index contributed by atoms with van der Waals surface area (Å²) >= 11 is 0. The van der Waals surface area contributed by atoms with Gasteiger partial charge in [0.2, 0.25) is 5.91 Å². The van der Waals surface area contributed by atoms with Gasteiger partial charge in [-0.05, 0) is 30.4 Å². The molecule has 0 saturated carbocycles. The summed E-state index contributed by atoms with van der Waals surface area (Å²) in [5.41, 5.74) is 7.64. The van der Waals surface area contributed by atoms with Crippen molar-refractivity contribution in [3.63, 3.8) is 0 Å². The van der Waals surface area contributed by atoms with Crippen LogP contribution in [-0.4, -0.2) is 34.6 Å². The molecule has 26 heavy (non-hydrogen) atoms. The van der Waals surface area contributed by atoms with E-state index in [2.05, 4.69) is 10.3 Å². The molecule has 0 aliphatic carbocycles. The van der Waals surface area contributed by atoms with Crippen molar-refractivity contribution in [2.45, 2.75) is 39.2 Å². The minimum absolute atomic E-state index is 0.0416. The largest absolute Gasteiger partial charge is 0.481 e. The van der Waals surface area contributed by atoms with Gasteiger partial charge in [0.1, 0.15) is 0 Å². The number of para-hydroxylation sites is 1. The third-order valence-electron chi connectivity index (χ3n) is 4.25. The fraction of sp³-hybridized carbons (Fsp3) is 0.450. The Bertz CT molecular complexity index is 761. The maximum Gasteiger partial charge on any atom is 0.303 e. The first-order valence-corrected chi connectivity index (χ1v) is 8.95. The predicted octanol–water partition coefficient (Wildman–Crippen LogP) is 2.36. The third-order valence-corrected chi connectivity index (χ3v) is 4.25. The van der Waals surface area contributed by atoms with Gasteiger partial charge in [-0.25, -0.2) is 0 Å². The van der Waals surface area contributed by atoms with Crippen molar-refractivity contribution in [2.75, 3.05) is 6.54 Å². The molecular formula is C20H27N3O3. The van der Waals surface area contributed by atoms with Crippen LogP contribution in [0.3, 0.4) is 0 Å². The highest BCUT2D eigenvalue weighted by Gasteiger charge is 2.19. The number of carbonyl (C=O) groups is 2. The summed E-state index contributed by atoms with van der Waals surface area (Å²) in [4.78, 5) is 27.8. The number of carboxylic acids is 1. The van der Waals surface area contributed by atoms with Crippen LogP contribution in [0.2, 0.25) is 0 Å². The molecule has 6 nitrogen and oxygen atoms in total. The Morgan fingerprint density at radius 3 is 2.62 bits per heavy atom. The lowest BCUT2D eigenvalue weighted by Gasteiger charge is -2.19. The molecule has 0 saturated heterocycles. The SMILES string of the molecule is CC(C)C[C@H](CNC(=O)[C@H](N)Cc1ccc2ccccc2n1)CC(=O)O. The van der Waals surface area contributed by atoms with E-state index in [1.807, 2.05) is 50.2 Å². The average molecular weight is 357 g/mol. The van der Waals surface area contributed by atoms with Crippen LogP contribution >= 0.6 is 0 Å². The molecule has 4 N–H and O–H groups in total. The number of hydrogen-bond donors (Lipinski definition) is 3. The van der Waals surface area contributed by atoms with Crippen molar-refractivity contribution < 1.29 is 14.7 Å². The van der Waals surface area contributed by atoms with Gasteiger partial charge < -0.3 is 16.2 Å². The number of nitrogens with zero attached hydrogens (tertiary/aromatic N) is 1. The van der Waals surface area contributed by atoms with Gasteiger partial charge in [0.05, 0.1) is 11.6 Å². The first kappa shape index (κ1) is 19.8. The predicted molar refractivity (Wildman–Crippen MR) is 102 cm³/mol. The lowest BCUT2D eigenvalue weighted by molar-refractivity contribution is -0.138. The number of pyridine rings is 1. The second-order valence-electron chi connectivity index (χ2n) is 7.14. The molecule has 0 bridgehead atoms. The number of carboxylic acid groups (broad SMARTS) is 1. The highest BCUT2D eigenvalue weighted by Crippen LogP contribution is 2.15. The van der Waals surface area contributed by atoms with Crippen molar-refractivity contribution >= 4 is 22.8 Å². The molecule has 0 aliphatic rings. The topological polar surface area (TPSA) is 105 Å². The highest BCUT2D eigenvalue weighted by molar-refractivity contribution is 5.82. The quantitative estimate of drug-likeness (QED) is 0.639. The smallest absolute Gasteiger partial charge is 0.303 e. The number of benzene rings is 1. The number of aliphatic carboxylic acids is 1. The molecule has 1 aromatic carbocycles. The van der Waals surface area contributed by atoms with Gasteiger partial charge in [0.15, 0.2) is 0 Å². The second-order valence-corrected chi connectivity index (χ2v) is 7.14. The Morgan fingerprint density at radius 2 is 1.92 bits per heavy atom. The van der Waals surface area contributed by atoms with Gasteiger partial charge in [-0.15, -0.1) is 0 Å². The molecule has 1 amide bonds. The van der Waals surface area contributed by atoms with E-state index in [-0.39, 0.29) is 18.2 Å². The summed E-state index contributed by atoms with van der Waals surface area (Å²) < 4.78 is 0. The lowest BCUT2D eigenvalue weighted by Crippen LogP contribution is -2.44. The van der Waals surface area contributed by atoms with Crippen molar-refractivity contribution in [1.29, 1.82) is 0 Å². The summed E-state index contributed by atoms with van der Waals surface area (Å²) in [5.74, 6) is -0.858. The summed E-state index contributed by atoms with van der Waals surface area (Å²) in [6.07, 6.45) is 1.12. The van der Waals surface area contributed by atoms with E-state index in [4.69, 9.17) is 10.8 Å². The Hall–Kier alpha value is -2.47. The number of aromatic nitrogens is 1. The van der Waals surface area contributed by atoms with Crippen LogP contribution in [0.25, 0.3) is 10.9 Å². The Labute approximate surface area is 153 Å². The molecule has 140 valence electrons. The summed E-state index contributed by atoms with van der Waals surface area (Å²) in [6, 6.07) is 10.9. The maximum absolute atomic E-state index is 12.3. The minimum atomic E-state index is -0.852. The van der Waals surface area contributed by atoms with Crippen molar-refractivity contribution in [3.8, 4) is 0 Å². The van der Waals surface area contributed by atoms with Crippen molar-refractivity contribution in [3.05, 3.63) is 42.1 Å². The molecule has 1 heterocycles. The number of hydrogen-bond acceptors (Lipinski definition) is 4.